The first-order chi connectivity index (χ1) is 12.5. The van der Waals surface area contributed by atoms with Crippen LogP contribution in [0.4, 0.5) is 19.0 Å². The van der Waals surface area contributed by atoms with Gasteiger partial charge in [0.05, 0.1) is 17.3 Å². The number of nitrogen functional groups attached to an aromatic ring is 1. The molecule has 0 aliphatic rings. The van der Waals surface area contributed by atoms with Crippen LogP contribution in [0.1, 0.15) is 5.82 Å². The van der Waals surface area contributed by atoms with E-state index in [2.05, 4.69) is 25.0 Å². The van der Waals surface area contributed by atoms with Crippen molar-refractivity contribution in [1.82, 2.24) is 29.7 Å². The van der Waals surface area contributed by atoms with Gasteiger partial charge in [0.15, 0.2) is 17.5 Å². The zero-order chi connectivity index (χ0) is 18.4. The van der Waals surface area contributed by atoms with Crippen molar-refractivity contribution in [3.05, 3.63) is 54.3 Å². The van der Waals surface area contributed by atoms with E-state index in [4.69, 9.17) is 5.73 Å². The maximum absolute atomic E-state index is 14.9. The predicted octanol–water partition coefficient (Wildman–Crippen LogP) is 2.58. The third-order valence-electron chi connectivity index (χ3n) is 3.77. The van der Waals surface area contributed by atoms with E-state index in [1.807, 2.05) is 0 Å². The number of nitrogens with two attached hydrogens (primary N) is 1. The van der Waals surface area contributed by atoms with Gasteiger partial charge in [-0.2, -0.15) is 5.10 Å². The maximum Gasteiger partial charge on any atom is 0.188 e. The van der Waals surface area contributed by atoms with Crippen molar-refractivity contribution in [3.63, 3.8) is 0 Å². The number of hydrogen-bond donors (Lipinski definition) is 1. The lowest BCUT2D eigenvalue weighted by Gasteiger charge is -2.11. The molecule has 3 aromatic heterocycles. The number of anilines is 1. The van der Waals surface area contributed by atoms with Gasteiger partial charge in [0, 0.05) is 18.0 Å². The highest BCUT2D eigenvalue weighted by atomic mass is 19.2. The van der Waals surface area contributed by atoms with Crippen LogP contribution in [0.25, 0.3) is 27.8 Å². The van der Waals surface area contributed by atoms with Crippen molar-refractivity contribution in [2.75, 3.05) is 5.73 Å². The van der Waals surface area contributed by atoms with E-state index in [1.54, 1.807) is 6.07 Å². The normalized spacial score (nSPS) is 11.2. The SMILES string of the molecule is Cc1nc(N)c2c(F)c(F)c(-n3cc(-c4ccncn4)cn3)c(F)c2n1. The summed E-state index contributed by atoms with van der Waals surface area (Å²) in [6, 6.07) is 1.60. The number of nitrogens with zero attached hydrogens (tertiary/aromatic N) is 6. The van der Waals surface area contributed by atoms with Crippen LogP contribution in [0.15, 0.2) is 31.0 Å². The molecule has 1 aromatic carbocycles. The third-order valence-corrected chi connectivity index (χ3v) is 3.77. The maximum atomic E-state index is 14.9. The van der Waals surface area contributed by atoms with E-state index >= 15 is 0 Å². The monoisotopic (exact) mass is 357 g/mol. The van der Waals surface area contributed by atoms with Crippen LogP contribution in [-0.4, -0.2) is 29.7 Å². The Morgan fingerprint density at radius 2 is 1.88 bits per heavy atom. The zero-order valence-electron chi connectivity index (χ0n) is 13.3. The summed E-state index contributed by atoms with van der Waals surface area (Å²) in [5.41, 5.74) is 5.46. The standard InChI is InChI=1S/C16H10F3N7/c1-7-24-14-10(16(20)25-7)11(17)12(18)15(13(14)19)26-5-8(4-23-26)9-2-3-21-6-22-9/h2-6H,1H3,(H2,20,24,25). The first-order valence-electron chi connectivity index (χ1n) is 7.39. The molecule has 2 N–H and O–H groups in total. The van der Waals surface area contributed by atoms with Crippen LogP contribution < -0.4 is 5.73 Å². The molecule has 0 fully saturated rings. The van der Waals surface area contributed by atoms with E-state index in [9.17, 15) is 13.2 Å². The quantitative estimate of drug-likeness (QED) is 0.554. The molecule has 4 aromatic rings. The van der Waals surface area contributed by atoms with Crippen molar-refractivity contribution in [2.24, 2.45) is 0 Å². The zero-order valence-corrected chi connectivity index (χ0v) is 13.3. The highest BCUT2D eigenvalue weighted by Gasteiger charge is 2.25. The van der Waals surface area contributed by atoms with Gasteiger partial charge in [-0.05, 0) is 13.0 Å². The number of benzene rings is 1. The first kappa shape index (κ1) is 15.9. The van der Waals surface area contributed by atoms with Gasteiger partial charge in [-0.25, -0.2) is 37.8 Å². The minimum absolute atomic E-state index is 0.132. The summed E-state index contributed by atoms with van der Waals surface area (Å²) < 4.78 is 44.9. The molecular formula is C16H10F3N7. The van der Waals surface area contributed by atoms with Crippen LogP contribution in [0, 0.1) is 24.4 Å². The summed E-state index contributed by atoms with van der Waals surface area (Å²) in [6.07, 6.45) is 5.51. The van der Waals surface area contributed by atoms with Gasteiger partial charge in [0.2, 0.25) is 0 Å². The molecule has 0 bridgehead atoms. The summed E-state index contributed by atoms with van der Waals surface area (Å²) in [5, 5.41) is 3.41. The smallest absolute Gasteiger partial charge is 0.188 e. The Hall–Kier alpha value is -3.56. The van der Waals surface area contributed by atoms with E-state index in [0.29, 0.717) is 11.3 Å². The molecule has 4 rings (SSSR count). The third kappa shape index (κ3) is 2.34. The topological polar surface area (TPSA) is 95.4 Å². The van der Waals surface area contributed by atoms with E-state index < -0.39 is 34.0 Å². The summed E-state index contributed by atoms with van der Waals surface area (Å²) >= 11 is 0. The summed E-state index contributed by atoms with van der Waals surface area (Å²) in [4.78, 5) is 15.4. The average Bonchev–Trinajstić information content (AvgIpc) is 3.10. The Kier molecular flexibility index (Phi) is 3.53. The van der Waals surface area contributed by atoms with Gasteiger partial charge in [-0.1, -0.05) is 0 Å². The molecule has 0 aliphatic heterocycles. The van der Waals surface area contributed by atoms with Gasteiger partial charge in [0.1, 0.15) is 29.2 Å². The Bertz CT molecular complexity index is 1140. The van der Waals surface area contributed by atoms with Crippen LogP contribution in [0.3, 0.4) is 0 Å². The fourth-order valence-electron chi connectivity index (χ4n) is 2.63. The molecule has 10 heteroatoms. The largest absolute Gasteiger partial charge is 0.383 e. The van der Waals surface area contributed by atoms with Gasteiger partial charge in [-0.3, -0.25) is 0 Å². The Morgan fingerprint density at radius 1 is 1.08 bits per heavy atom. The Morgan fingerprint density at radius 3 is 2.62 bits per heavy atom. The molecule has 0 amide bonds. The lowest BCUT2D eigenvalue weighted by Crippen LogP contribution is -2.09. The predicted molar refractivity (Wildman–Crippen MR) is 86.7 cm³/mol. The number of halogens is 3. The second kappa shape index (κ2) is 5.76. The fourth-order valence-corrected chi connectivity index (χ4v) is 2.63. The van der Waals surface area contributed by atoms with Crippen molar-refractivity contribution in [3.8, 4) is 16.9 Å². The summed E-state index contributed by atoms with van der Waals surface area (Å²) in [7, 11) is 0. The van der Waals surface area contributed by atoms with Crippen LogP contribution in [-0.2, 0) is 0 Å². The molecule has 0 unspecified atom stereocenters. The highest BCUT2D eigenvalue weighted by molar-refractivity contribution is 5.90. The van der Waals surface area contributed by atoms with Gasteiger partial charge in [0.25, 0.3) is 0 Å². The summed E-state index contributed by atoms with van der Waals surface area (Å²) in [5.74, 6) is -4.07. The minimum atomic E-state index is -1.44. The Labute approximate surface area is 144 Å². The molecule has 3 heterocycles. The van der Waals surface area contributed by atoms with Crippen molar-refractivity contribution >= 4 is 16.7 Å². The molecule has 0 spiro atoms. The minimum Gasteiger partial charge on any atom is -0.383 e. The van der Waals surface area contributed by atoms with Crippen LogP contribution in [0.5, 0.6) is 0 Å². The van der Waals surface area contributed by atoms with Gasteiger partial charge in [-0.15, -0.1) is 0 Å². The fraction of sp³-hybridized carbons (Fsp3) is 0.0625. The van der Waals surface area contributed by atoms with Crippen molar-refractivity contribution < 1.29 is 13.2 Å². The molecule has 0 atom stereocenters. The number of aryl methyl sites for hydroxylation is 1. The van der Waals surface area contributed by atoms with Crippen LogP contribution >= 0.6 is 0 Å². The first-order valence-corrected chi connectivity index (χ1v) is 7.39. The highest BCUT2D eigenvalue weighted by Crippen LogP contribution is 2.32. The van der Waals surface area contributed by atoms with E-state index in [0.717, 1.165) is 4.68 Å². The average molecular weight is 357 g/mol. The lowest BCUT2D eigenvalue weighted by atomic mass is 10.1. The molecule has 7 nitrogen and oxygen atoms in total. The molecular weight excluding hydrogens is 347 g/mol. The second-order valence-electron chi connectivity index (χ2n) is 5.44. The molecule has 0 radical (unpaired) electrons. The number of hydrogen-bond acceptors (Lipinski definition) is 6. The molecule has 0 saturated heterocycles. The number of aromatic nitrogens is 6. The van der Waals surface area contributed by atoms with Crippen molar-refractivity contribution in [1.29, 1.82) is 0 Å². The summed E-state index contributed by atoms with van der Waals surface area (Å²) in [6.45, 7) is 1.47. The van der Waals surface area contributed by atoms with Crippen LogP contribution in [0.2, 0.25) is 0 Å². The van der Waals surface area contributed by atoms with E-state index in [1.165, 1.54) is 31.8 Å². The lowest BCUT2D eigenvalue weighted by molar-refractivity contribution is 0.494. The molecule has 26 heavy (non-hydrogen) atoms. The Balaban J connectivity index is 1.97. The molecule has 0 aliphatic carbocycles. The molecule has 130 valence electrons. The number of rotatable bonds is 2. The van der Waals surface area contributed by atoms with Gasteiger partial charge >= 0.3 is 0 Å². The van der Waals surface area contributed by atoms with Crippen molar-refractivity contribution in [2.45, 2.75) is 6.92 Å². The second-order valence-corrected chi connectivity index (χ2v) is 5.44. The van der Waals surface area contributed by atoms with Gasteiger partial charge < -0.3 is 5.73 Å². The van der Waals surface area contributed by atoms with E-state index in [-0.39, 0.29) is 11.6 Å². The molecule has 0 saturated carbocycles. The number of fused-ring (bicyclic) bond motifs is 1.